The van der Waals surface area contributed by atoms with Crippen LogP contribution in [0.15, 0.2) is 60.9 Å². The minimum atomic E-state index is 0.623. The average Bonchev–Trinajstić information content (AvgIpc) is 2.60. The van der Waals surface area contributed by atoms with Gasteiger partial charge in [0.15, 0.2) is 0 Å². The summed E-state index contributed by atoms with van der Waals surface area (Å²) < 4.78 is 11.9. The summed E-state index contributed by atoms with van der Waals surface area (Å²) in [6, 6.07) is 17.5. The first-order valence-electron chi connectivity index (χ1n) is 8.77. The van der Waals surface area contributed by atoms with Gasteiger partial charge in [0.2, 0.25) is 0 Å². The van der Waals surface area contributed by atoms with Gasteiger partial charge in [-0.2, -0.15) is 0 Å². The van der Waals surface area contributed by atoms with E-state index in [0.717, 1.165) is 12.8 Å². The number of benzene rings is 2. The maximum Gasteiger partial charge on any atom is 0.0827 e. The molecule has 2 aromatic carbocycles. The molecule has 2 rings (SSSR count). The van der Waals surface area contributed by atoms with Gasteiger partial charge in [-0.05, 0) is 47.9 Å². The fourth-order valence-electron chi connectivity index (χ4n) is 2.80. The molecule has 0 saturated carbocycles. The first-order chi connectivity index (χ1) is 11.3. The van der Waals surface area contributed by atoms with Crippen molar-refractivity contribution in [2.24, 2.45) is 0 Å². The SMILES string of the molecule is CCCCCCc1ccc(-c2ccc(CCC=CF)cc2)cc1. The molecule has 0 bridgehead atoms. The largest absolute Gasteiger partial charge is 0.216 e. The Kier molecular flexibility index (Phi) is 7.59. The van der Waals surface area contributed by atoms with Crippen molar-refractivity contribution in [3.8, 4) is 11.1 Å². The molecule has 0 nitrogen and oxygen atoms in total. The third-order valence-corrected chi connectivity index (χ3v) is 4.25. The van der Waals surface area contributed by atoms with E-state index in [1.165, 1.54) is 54.4 Å². The summed E-state index contributed by atoms with van der Waals surface area (Å²) in [7, 11) is 0. The van der Waals surface area contributed by atoms with Crippen molar-refractivity contribution >= 4 is 0 Å². The Hall–Kier alpha value is -1.89. The molecule has 0 radical (unpaired) electrons. The first-order valence-corrected chi connectivity index (χ1v) is 8.77. The maximum atomic E-state index is 11.9. The third kappa shape index (κ3) is 6.02. The van der Waals surface area contributed by atoms with Gasteiger partial charge in [0.25, 0.3) is 0 Å². The summed E-state index contributed by atoms with van der Waals surface area (Å²) in [6.45, 7) is 2.25. The quantitative estimate of drug-likeness (QED) is 0.442. The van der Waals surface area contributed by atoms with Crippen LogP contribution in [0.1, 0.15) is 50.2 Å². The highest BCUT2D eigenvalue weighted by Gasteiger charge is 1.99. The molecule has 0 unspecified atom stereocenters. The molecular formula is C22H27F. The van der Waals surface area contributed by atoms with E-state index >= 15 is 0 Å². The molecule has 0 N–H and O–H groups in total. The van der Waals surface area contributed by atoms with E-state index in [0.29, 0.717) is 6.33 Å². The van der Waals surface area contributed by atoms with E-state index < -0.39 is 0 Å². The summed E-state index contributed by atoms with van der Waals surface area (Å²) in [5.74, 6) is 0. The number of unbranched alkanes of at least 4 members (excludes halogenated alkanes) is 3. The van der Waals surface area contributed by atoms with Gasteiger partial charge in [-0.3, -0.25) is 0 Å². The third-order valence-electron chi connectivity index (χ3n) is 4.25. The number of hydrogen-bond acceptors (Lipinski definition) is 0. The first kappa shape index (κ1) is 17.5. The predicted molar refractivity (Wildman–Crippen MR) is 98.3 cm³/mol. The van der Waals surface area contributed by atoms with E-state index in [9.17, 15) is 4.39 Å². The van der Waals surface area contributed by atoms with Gasteiger partial charge < -0.3 is 0 Å². The summed E-state index contributed by atoms with van der Waals surface area (Å²) in [6.07, 6.45) is 10.3. The fourth-order valence-corrected chi connectivity index (χ4v) is 2.80. The van der Waals surface area contributed by atoms with Gasteiger partial charge in [0.1, 0.15) is 0 Å². The van der Waals surface area contributed by atoms with Crippen LogP contribution in [0.2, 0.25) is 0 Å². The Morgan fingerprint density at radius 1 is 0.739 bits per heavy atom. The zero-order valence-electron chi connectivity index (χ0n) is 14.1. The predicted octanol–water partition coefficient (Wildman–Crippen LogP) is 6.89. The lowest BCUT2D eigenvalue weighted by Crippen LogP contribution is -1.87. The molecular weight excluding hydrogens is 283 g/mol. The van der Waals surface area contributed by atoms with Crippen LogP contribution in [-0.4, -0.2) is 0 Å². The van der Waals surface area contributed by atoms with E-state index in [1.54, 1.807) is 6.08 Å². The van der Waals surface area contributed by atoms with Crippen LogP contribution in [-0.2, 0) is 12.8 Å². The van der Waals surface area contributed by atoms with Crippen molar-refractivity contribution in [2.75, 3.05) is 0 Å². The van der Waals surface area contributed by atoms with Crippen LogP contribution >= 0.6 is 0 Å². The monoisotopic (exact) mass is 310 g/mol. The van der Waals surface area contributed by atoms with Crippen molar-refractivity contribution < 1.29 is 4.39 Å². The molecule has 2 aromatic rings. The minimum Gasteiger partial charge on any atom is -0.216 e. The summed E-state index contributed by atoms with van der Waals surface area (Å²) in [5, 5.41) is 0. The second kappa shape index (κ2) is 9.99. The molecule has 0 aromatic heterocycles. The normalized spacial score (nSPS) is 11.2. The molecule has 0 amide bonds. The zero-order chi connectivity index (χ0) is 16.3. The van der Waals surface area contributed by atoms with Crippen molar-refractivity contribution in [3.05, 3.63) is 72.1 Å². The smallest absolute Gasteiger partial charge is 0.0827 e. The Balaban J connectivity index is 1.91. The van der Waals surface area contributed by atoms with E-state index in [4.69, 9.17) is 0 Å². The molecule has 0 fully saturated rings. The van der Waals surface area contributed by atoms with E-state index in [2.05, 4.69) is 55.5 Å². The highest BCUT2D eigenvalue weighted by Crippen LogP contribution is 2.21. The highest BCUT2D eigenvalue weighted by atomic mass is 19.1. The summed E-state index contributed by atoms with van der Waals surface area (Å²) >= 11 is 0. The number of rotatable bonds is 9. The van der Waals surface area contributed by atoms with Crippen LogP contribution in [0.25, 0.3) is 11.1 Å². The fraction of sp³-hybridized carbons (Fsp3) is 0.364. The topological polar surface area (TPSA) is 0 Å². The lowest BCUT2D eigenvalue weighted by atomic mass is 9.99. The maximum absolute atomic E-state index is 11.9. The Labute approximate surface area is 140 Å². The molecule has 0 spiro atoms. The van der Waals surface area contributed by atoms with Gasteiger partial charge in [-0.15, -0.1) is 0 Å². The Morgan fingerprint density at radius 2 is 1.30 bits per heavy atom. The lowest BCUT2D eigenvalue weighted by Gasteiger charge is -2.06. The van der Waals surface area contributed by atoms with Crippen molar-refractivity contribution in [2.45, 2.75) is 51.9 Å². The molecule has 0 atom stereocenters. The zero-order valence-corrected chi connectivity index (χ0v) is 14.1. The average molecular weight is 310 g/mol. The van der Waals surface area contributed by atoms with Crippen LogP contribution in [0.3, 0.4) is 0 Å². The van der Waals surface area contributed by atoms with E-state index in [1.807, 2.05) is 0 Å². The van der Waals surface area contributed by atoms with Gasteiger partial charge in [0, 0.05) is 0 Å². The van der Waals surface area contributed by atoms with Crippen molar-refractivity contribution in [1.82, 2.24) is 0 Å². The summed E-state index contributed by atoms with van der Waals surface area (Å²) in [5.41, 5.74) is 5.18. The molecule has 0 heterocycles. The number of halogens is 1. The van der Waals surface area contributed by atoms with Gasteiger partial charge in [-0.1, -0.05) is 80.8 Å². The van der Waals surface area contributed by atoms with Gasteiger partial charge >= 0.3 is 0 Å². The summed E-state index contributed by atoms with van der Waals surface area (Å²) in [4.78, 5) is 0. The van der Waals surface area contributed by atoms with Gasteiger partial charge in [-0.25, -0.2) is 4.39 Å². The van der Waals surface area contributed by atoms with Crippen molar-refractivity contribution in [1.29, 1.82) is 0 Å². The van der Waals surface area contributed by atoms with Crippen LogP contribution < -0.4 is 0 Å². The minimum absolute atomic E-state index is 0.623. The standard InChI is InChI=1S/C22H27F/c1-2-3-4-5-8-19-10-14-21(15-11-19)22-16-12-20(13-17-22)9-6-7-18-23/h7,10-18H,2-6,8-9H2,1H3. The number of allylic oxidation sites excluding steroid dienone is 1. The van der Waals surface area contributed by atoms with E-state index in [-0.39, 0.29) is 0 Å². The van der Waals surface area contributed by atoms with Gasteiger partial charge in [0.05, 0.1) is 6.33 Å². The Bertz CT molecular complexity index is 578. The van der Waals surface area contributed by atoms with Crippen LogP contribution in [0.5, 0.6) is 0 Å². The molecule has 0 aliphatic rings. The van der Waals surface area contributed by atoms with Crippen LogP contribution in [0, 0.1) is 0 Å². The number of hydrogen-bond donors (Lipinski definition) is 0. The highest BCUT2D eigenvalue weighted by molar-refractivity contribution is 5.63. The molecule has 122 valence electrons. The molecule has 0 aliphatic heterocycles. The second-order valence-electron chi connectivity index (χ2n) is 6.10. The molecule has 23 heavy (non-hydrogen) atoms. The Morgan fingerprint density at radius 3 is 1.83 bits per heavy atom. The number of aryl methyl sites for hydroxylation is 2. The second-order valence-corrected chi connectivity index (χ2v) is 6.10. The molecule has 1 heteroatoms. The van der Waals surface area contributed by atoms with Crippen LogP contribution in [0.4, 0.5) is 4.39 Å². The molecule has 0 saturated heterocycles. The molecule has 0 aliphatic carbocycles. The lowest BCUT2D eigenvalue weighted by molar-refractivity contribution is 0.667. The van der Waals surface area contributed by atoms with Crippen molar-refractivity contribution in [3.63, 3.8) is 0 Å².